The van der Waals surface area contributed by atoms with Crippen LogP contribution in [0.3, 0.4) is 0 Å². The van der Waals surface area contributed by atoms with Crippen LogP contribution in [0.2, 0.25) is 0 Å². The minimum Gasteiger partial charge on any atom is -0.512 e. The molecule has 453 valence electrons. The van der Waals surface area contributed by atoms with Gasteiger partial charge in [0.05, 0.1) is 44.1 Å². The first-order valence-corrected chi connectivity index (χ1v) is 29.0. The molecule has 6 aromatic carbocycles. The summed E-state index contributed by atoms with van der Waals surface area (Å²) in [5.74, 6) is -1.42. The smallest absolute Gasteiger partial charge is 0.512 e. The summed E-state index contributed by atoms with van der Waals surface area (Å²) in [5.41, 5.74) is 5.52. The van der Waals surface area contributed by atoms with Gasteiger partial charge in [0.2, 0.25) is 17.7 Å². The van der Waals surface area contributed by atoms with Gasteiger partial charge in [0.25, 0.3) is 0 Å². The molecule has 12 rings (SSSR count). The zero-order valence-electron chi connectivity index (χ0n) is 50.5. The number of likely N-dealkylation sites (tertiary alicyclic amines) is 3. The Balaban J connectivity index is 0.000000251. The van der Waals surface area contributed by atoms with Crippen LogP contribution >= 0.6 is 12.4 Å². The van der Waals surface area contributed by atoms with Crippen molar-refractivity contribution >= 4 is 62.0 Å². The number of β-lactam (4-membered cyclic amide) rings is 1. The molecule has 88 heavy (non-hydrogen) atoms. The van der Waals surface area contributed by atoms with Crippen LogP contribution < -0.4 is 40.2 Å². The van der Waals surface area contributed by atoms with Crippen LogP contribution in [-0.4, -0.2) is 148 Å². The number of ketones is 2. The van der Waals surface area contributed by atoms with Gasteiger partial charge in [-0.25, -0.2) is 9.59 Å². The summed E-state index contributed by atoms with van der Waals surface area (Å²) in [6.07, 6.45) is 4.83. The first-order chi connectivity index (χ1) is 41.5. The van der Waals surface area contributed by atoms with Crippen LogP contribution in [0, 0.1) is 22.7 Å². The van der Waals surface area contributed by atoms with Crippen molar-refractivity contribution in [1.82, 2.24) is 25.3 Å². The first-order valence-electron chi connectivity index (χ1n) is 29.0. The number of aliphatic hydroxyl groups is 1. The van der Waals surface area contributed by atoms with E-state index in [0.717, 1.165) is 93.2 Å². The van der Waals surface area contributed by atoms with Crippen molar-refractivity contribution < 1.29 is 77.7 Å². The van der Waals surface area contributed by atoms with Crippen molar-refractivity contribution in [3.8, 4) is 0 Å². The SMILES string of the molecule is CO.COC(=O)[C@@H]1CC(=O)CN1C(=O)C(c1ccccc1)c1ccccc1.COC(=O)[C@@H]1C[C@H](N2CCC3(CC2)C(=O)NC3c2ccccc2)CN1C(=O)C(c1ccccc1)c1ccccc1.Cl.O=C1CC(c2ccccc2)C12CCNCC2.[B].[C-]#N.[Na+]. The third-order valence-corrected chi connectivity index (χ3v) is 17.9. The third-order valence-electron chi connectivity index (χ3n) is 17.9. The Kier molecular flexibility index (Phi) is 27.5. The molecule has 2 unspecified atom stereocenters. The fourth-order valence-electron chi connectivity index (χ4n) is 13.4. The van der Waals surface area contributed by atoms with Gasteiger partial charge in [0, 0.05) is 52.3 Å². The van der Waals surface area contributed by atoms with E-state index < -0.39 is 29.9 Å². The van der Waals surface area contributed by atoms with E-state index in [1.54, 1.807) is 4.90 Å². The van der Waals surface area contributed by atoms with E-state index in [0.29, 0.717) is 24.7 Å². The molecule has 6 aliphatic rings. The predicted octanol–water partition coefficient (Wildman–Crippen LogP) is 4.94. The zero-order valence-corrected chi connectivity index (χ0v) is 53.3. The fraction of sp³-hybridized carbons (Fsp3) is 0.362. The number of nitrogens with one attached hydrogen (secondary N) is 2. The van der Waals surface area contributed by atoms with Gasteiger partial charge in [-0.2, -0.15) is 0 Å². The number of carbonyl (C=O) groups is 7. The Morgan fingerprint density at radius 3 is 1.38 bits per heavy atom. The van der Waals surface area contributed by atoms with E-state index in [-0.39, 0.29) is 116 Å². The largest absolute Gasteiger partial charge is 1.00 e. The van der Waals surface area contributed by atoms with E-state index in [9.17, 15) is 33.6 Å². The number of benzene rings is 6. The molecule has 5 aliphatic heterocycles. The summed E-state index contributed by atoms with van der Waals surface area (Å²) in [7, 11) is 3.65. The van der Waals surface area contributed by atoms with Crippen LogP contribution in [0.5, 0.6) is 0 Å². The number of hydrogen-bond acceptors (Lipinski definition) is 13. The summed E-state index contributed by atoms with van der Waals surface area (Å²) in [4.78, 5) is 94.6. The number of aliphatic hydroxyl groups excluding tert-OH is 1. The molecule has 1 aliphatic carbocycles. The molecule has 0 aromatic heterocycles. The Morgan fingerprint density at radius 1 is 0.568 bits per heavy atom. The quantitative estimate of drug-likeness (QED) is 0.0680. The van der Waals surface area contributed by atoms with Crippen molar-refractivity contribution in [2.45, 2.75) is 86.9 Å². The molecule has 5 saturated heterocycles. The molecule has 3 N–H and O–H groups in total. The third kappa shape index (κ3) is 15.6. The maximum Gasteiger partial charge on any atom is 1.00 e. The number of esters is 2. The normalized spacial score (nSPS) is 20.9. The van der Waals surface area contributed by atoms with E-state index in [1.807, 2.05) is 146 Å². The summed E-state index contributed by atoms with van der Waals surface area (Å²) in [6.45, 7) is 8.63. The van der Waals surface area contributed by atoms with Crippen LogP contribution in [-0.2, 0) is 43.0 Å². The second-order valence-corrected chi connectivity index (χ2v) is 22.2. The number of piperidine rings is 2. The second-order valence-electron chi connectivity index (χ2n) is 22.2. The molecule has 6 aromatic rings. The van der Waals surface area contributed by atoms with Gasteiger partial charge >= 0.3 is 41.5 Å². The molecular formula is C69H76BClN6NaO10. The van der Waals surface area contributed by atoms with Crippen molar-refractivity contribution in [3.05, 3.63) is 222 Å². The molecule has 2 spiro atoms. The van der Waals surface area contributed by atoms with E-state index >= 15 is 0 Å². The molecule has 5 heterocycles. The van der Waals surface area contributed by atoms with Crippen LogP contribution in [0.15, 0.2) is 182 Å². The van der Waals surface area contributed by atoms with Crippen LogP contribution in [0.25, 0.3) is 0 Å². The molecule has 1 saturated carbocycles. The molecule has 19 heteroatoms. The molecule has 3 radical (unpaired) electrons. The predicted molar refractivity (Wildman–Crippen MR) is 333 cm³/mol. The molecule has 6 fully saturated rings. The minimum atomic E-state index is -0.847. The fourth-order valence-corrected chi connectivity index (χ4v) is 13.4. The Morgan fingerprint density at radius 2 is 0.966 bits per heavy atom. The summed E-state index contributed by atoms with van der Waals surface area (Å²) in [6, 6.07) is 57.5. The number of hydrogen-bond donors (Lipinski definition) is 3. The number of carbonyl (C=O) groups excluding carboxylic acids is 7. The van der Waals surface area contributed by atoms with Crippen molar-refractivity contribution in [2.24, 2.45) is 10.8 Å². The molecule has 16 nitrogen and oxygen atoms in total. The van der Waals surface area contributed by atoms with Crippen molar-refractivity contribution in [2.75, 3.05) is 60.6 Å². The van der Waals surface area contributed by atoms with E-state index in [1.165, 1.54) is 24.7 Å². The molecule has 5 atom stereocenters. The van der Waals surface area contributed by atoms with Crippen LogP contribution in [0.4, 0.5) is 0 Å². The van der Waals surface area contributed by atoms with Gasteiger partial charge in [-0.05, 0) is 91.7 Å². The van der Waals surface area contributed by atoms with Crippen LogP contribution in [0.1, 0.15) is 102 Å². The van der Waals surface area contributed by atoms with Gasteiger partial charge in [0.1, 0.15) is 17.9 Å². The molecule has 3 amide bonds. The average molecular weight is 1220 g/mol. The number of nitrogens with zero attached hydrogens (tertiary/aromatic N) is 4. The van der Waals surface area contributed by atoms with Gasteiger partial charge in [-0.15, -0.1) is 12.4 Å². The van der Waals surface area contributed by atoms with E-state index in [4.69, 9.17) is 26.4 Å². The maximum atomic E-state index is 14.3. The number of ether oxygens (including phenoxy) is 2. The van der Waals surface area contributed by atoms with E-state index in [2.05, 4.69) is 51.9 Å². The summed E-state index contributed by atoms with van der Waals surface area (Å²) < 4.78 is 9.94. The standard InChI is InChI=1S/C33H35N3O4.C20H19NO4.C14H17NO.CN.CH4O.B.ClH.Na/c1-40-31(38)27-21-26(35-19-17-33(18-20-35)29(34-32(33)39)25-15-9-4-10-16-25)22-36(27)30(37)28(23-11-5-2-6-12-23)24-13-7-3-8-14-24;1-25-20(24)17-12-16(22)13-21(17)19(23)18(14-8-4-2-5-9-14)15-10-6-3-7-11-15;16-13-10-12(11-4-2-1-3-5-11)14(13)6-8-15-9-7-14;2*1-2;;;/h2-16,26-29H,17-22H2,1H3,(H,34,39);2-11,17-18H,12-13H2,1H3;1-5,12,15H,6-10H2;;2H,1H3;;1H;/q;;;-1;;;;+1/t26-,27-,29?;17-;;;;;;/m00....../s1. The Bertz CT molecular complexity index is 3160. The average Bonchev–Trinajstić information content (AvgIpc) is 0.885. The van der Waals surface area contributed by atoms with Gasteiger partial charge in [-0.1, -0.05) is 182 Å². The minimum absolute atomic E-state index is 0. The second kappa shape index (κ2) is 33.9. The number of rotatable bonds is 11. The summed E-state index contributed by atoms with van der Waals surface area (Å²) >= 11 is 0. The topological polar surface area (TPSA) is 216 Å². The molecular weight excluding hydrogens is 1140 g/mol. The zero-order chi connectivity index (χ0) is 60.5. The van der Waals surface area contributed by atoms with Crippen molar-refractivity contribution in [3.63, 3.8) is 0 Å². The molecule has 0 bridgehead atoms. The number of halogens is 1. The van der Waals surface area contributed by atoms with Gasteiger partial charge in [0.15, 0.2) is 5.78 Å². The Labute approximate surface area is 547 Å². The maximum absolute atomic E-state index is 14.3. The number of Topliss-reactive ketones (excluding diaryl/α,β-unsaturated/α-hetero) is 2. The number of amides is 3. The van der Waals surface area contributed by atoms with Crippen molar-refractivity contribution in [1.29, 1.82) is 5.26 Å². The Hall–Kier alpha value is -7.27. The van der Waals surface area contributed by atoms with Gasteiger partial charge < -0.3 is 46.8 Å². The van der Waals surface area contributed by atoms with Gasteiger partial charge in [-0.3, -0.25) is 28.9 Å². The number of methoxy groups -OCH3 is 2. The summed E-state index contributed by atoms with van der Waals surface area (Å²) in [5, 5.41) is 19.7. The monoisotopic (exact) mass is 1220 g/mol. The first kappa shape index (κ1) is 71.5.